The van der Waals surface area contributed by atoms with Crippen molar-refractivity contribution in [3.8, 4) is 0 Å². The van der Waals surface area contributed by atoms with Gasteiger partial charge in [-0.15, -0.1) is 0 Å². The molecule has 3 rings (SSSR count). The van der Waals surface area contributed by atoms with Crippen molar-refractivity contribution in [1.29, 1.82) is 0 Å². The second-order valence-corrected chi connectivity index (χ2v) is 7.01. The van der Waals surface area contributed by atoms with Gasteiger partial charge in [-0.3, -0.25) is 4.79 Å². The Kier molecular flexibility index (Phi) is 2.51. The molecule has 0 aromatic heterocycles. The summed E-state index contributed by atoms with van der Waals surface area (Å²) in [5, 5.41) is 3.42. The van der Waals surface area contributed by atoms with Gasteiger partial charge in [0, 0.05) is 19.0 Å². The summed E-state index contributed by atoms with van der Waals surface area (Å²) in [6.45, 7) is 8.73. The average Bonchev–Trinajstić information content (AvgIpc) is 2.76. The third kappa shape index (κ3) is 1.99. The Balaban J connectivity index is 1.62. The lowest BCUT2D eigenvalue weighted by atomic mass is 9.78. The first-order valence-electron chi connectivity index (χ1n) is 7.02. The Morgan fingerprint density at radius 3 is 2.47 bits per heavy atom. The summed E-state index contributed by atoms with van der Waals surface area (Å²) in [7, 11) is 0. The van der Waals surface area contributed by atoms with Gasteiger partial charge in [0.15, 0.2) is 0 Å². The van der Waals surface area contributed by atoms with Gasteiger partial charge in [0.1, 0.15) is 0 Å². The Morgan fingerprint density at radius 1 is 1.24 bits per heavy atom. The number of hydrogen-bond acceptors (Lipinski definition) is 2. The molecule has 1 amide bonds. The standard InChI is InChI=1S/C14H24N2O/c1-13(2)9-11(13)12(17)16-8-5-14(10-16)3-6-15-7-4-14/h11,15H,3-10H2,1-2H3. The monoisotopic (exact) mass is 236 g/mol. The molecule has 1 saturated carbocycles. The van der Waals surface area contributed by atoms with Crippen LogP contribution in [0.15, 0.2) is 0 Å². The van der Waals surface area contributed by atoms with Gasteiger partial charge in [0.2, 0.25) is 5.91 Å². The van der Waals surface area contributed by atoms with Crippen LogP contribution in [-0.4, -0.2) is 37.0 Å². The Bertz CT molecular complexity index is 331. The van der Waals surface area contributed by atoms with Gasteiger partial charge in [-0.25, -0.2) is 0 Å². The number of carbonyl (C=O) groups is 1. The van der Waals surface area contributed by atoms with E-state index in [1.807, 2.05) is 0 Å². The average molecular weight is 236 g/mol. The maximum Gasteiger partial charge on any atom is 0.226 e. The molecule has 2 heterocycles. The van der Waals surface area contributed by atoms with E-state index in [1.54, 1.807) is 0 Å². The van der Waals surface area contributed by atoms with E-state index in [9.17, 15) is 4.79 Å². The fourth-order valence-corrected chi connectivity index (χ4v) is 3.60. The van der Waals surface area contributed by atoms with E-state index in [1.165, 1.54) is 19.3 Å². The van der Waals surface area contributed by atoms with Crippen LogP contribution in [0.2, 0.25) is 0 Å². The van der Waals surface area contributed by atoms with E-state index in [0.717, 1.165) is 32.6 Å². The molecule has 3 aliphatic rings. The minimum absolute atomic E-state index is 0.279. The van der Waals surface area contributed by atoms with Crippen molar-refractivity contribution < 1.29 is 4.79 Å². The predicted octanol–water partition coefficient (Wildman–Crippen LogP) is 1.63. The topological polar surface area (TPSA) is 32.3 Å². The quantitative estimate of drug-likeness (QED) is 0.750. The molecule has 1 N–H and O–H groups in total. The number of nitrogens with one attached hydrogen (secondary N) is 1. The molecule has 2 aliphatic heterocycles. The second kappa shape index (κ2) is 3.71. The molecule has 1 unspecified atom stereocenters. The fourth-order valence-electron chi connectivity index (χ4n) is 3.60. The van der Waals surface area contributed by atoms with E-state index in [4.69, 9.17) is 0 Å². The molecule has 0 aromatic rings. The molecule has 96 valence electrons. The van der Waals surface area contributed by atoms with E-state index < -0.39 is 0 Å². The van der Waals surface area contributed by atoms with E-state index in [0.29, 0.717) is 17.2 Å². The molecule has 0 radical (unpaired) electrons. The van der Waals surface area contributed by atoms with Crippen LogP contribution in [0.5, 0.6) is 0 Å². The molecule has 3 nitrogen and oxygen atoms in total. The summed E-state index contributed by atoms with van der Waals surface area (Å²) in [5.74, 6) is 0.754. The number of carbonyl (C=O) groups excluding carboxylic acids is 1. The highest BCUT2D eigenvalue weighted by Gasteiger charge is 2.53. The highest BCUT2D eigenvalue weighted by Crippen LogP contribution is 2.53. The number of hydrogen-bond donors (Lipinski definition) is 1. The zero-order valence-electron chi connectivity index (χ0n) is 11.1. The van der Waals surface area contributed by atoms with Gasteiger partial charge in [-0.05, 0) is 49.6 Å². The minimum atomic E-state index is 0.279. The molecule has 0 aromatic carbocycles. The van der Waals surface area contributed by atoms with Crippen molar-refractivity contribution in [1.82, 2.24) is 10.2 Å². The number of nitrogens with zero attached hydrogens (tertiary/aromatic N) is 1. The van der Waals surface area contributed by atoms with Crippen LogP contribution >= 0.6 is 0 Å². The van der Waals surface area contributed by atoms with Gasteiger partial charge >= 0.3 is 0 Å². The third-order valence-electron chi connectivity index (χ3n) is 5.23. The Morgan fingerprint density at radius 2 is 1.88 bits per heavy atom. The Hall–Kier alpha value is -0.570. The van der Waals surface area contributed by atoms with Crippen molar-refractivity contribution >= 4 is 5.91 Å². The summed E-state index contributed by atoms with van der Waals surface area (Å²) < 4.78 is 0. The van der Waals surface area contributed by atoms with Crippen LogP contribution in [0.25, 0.3) is 0 Å². The molecular weight excluding hydrogens is 212 g/mol. The SMILES string of the molecule is CC1(C)CC1C(=O)N1CCC2(CCNCC2)C1. The summed E-state index contributed by atoms with van der Waals surface area (Å²) in [5.41, 5.74) is 0.737. The molecule has 3 heteroatoms. The maximum atomic E-state index is 12.4. The second-order valence-electron chi connectivity index (χ2n) is 7.01. The van der Waals surface area contributed by atoms with E-state index >= 15 is 0 Å². The normalized spacial score (nSPS) is 34.0. The van der Waals surface area contributed by atoms with Crippen molar-refractivity contribution in [3.63, 3.8) is 0 Å². The lowest BCUT2D eigenvalue weighted by Crippen LogP contribution is -2.40. The minimum Gasteiger partial charge on any atom is -0.342 e. The van der Waals surface area contributed by atoms with Crippen LogP contribution in [0.4, 0.5) is 0 Å². The molecule has 17 heavy (non-hydrogen) atoms. The van der Waals surface area contributed by atoms with Crippen LogP contribution < -0.4 is 5.32 Å². The van der Waals surface area contributed by atoms with Gasteiger partial charge in [-0.2, -0.15) is 0 Å². The smallest absolute Gasteiger partial charge is 0.226 e. The van der Waals surface area contributed by atoms with Crippen LogP contribution in [0.1, 0.15) is 39.5 Å². The first-order valence-corrected chi connectivity index (χ1v) is 7.02. The van der Waals surface area contributed by atoms with Gasteiger partial charge in [0.05, 0.1) is 0 Å². The summed E-state index contributed by atoms with van der Waals surface area (Å²) in [6.07, 6.45) is 4.83. The molecule has 3 fully saturated rings. The van der Waals surface area contributed by atoms with Crippen molar-refractivity contribution in [2.45, 2.75) is 39.5 Å². The first-order chi connectivity index (χ1) is 8.03. The highest BCUT2D eigenvalue weighted by atomic mass is 16.2. The summed E-state index contributed by atoms with van der Waals surface area (Å²) in [6, 6.07) is 0. The lowest BCUT2D eigenvalue weighted by molar-refractivity contribution is -0.132. The van der Waals surface area contributed by atoms with Crippen LogP contribution in [-0.2, 0) is 4.79 Å². The largest absolute Gasteiger partial charge is 0.342 e. The molecule has 1 atom stereocenters. The first kappa shape index (κ1) is 11.5. The van der Waals surface area contributed by atoms with Crippen LogP contribution in [0, 0.1) is 16.7 Å². The van der Waals surface area contributed by atoms with Gasteiger partial charge < -0.3 is 10.2 Å². The maximum absolute atomic E-state index is 12.4. The van der Waals surface area contributed by atoms with Crippen molar-refractivity contribution in [2.24, 2.45) is 16.7 Å². The van der Waals surface area contributed by atoms with Gasteiger partial charge in [0.25, 0.3) is 0 Å². The lowest BCUT2D eigenvalue weighted by Gasteiger charge is -2.33. The van der Waals surface area contributed by atoms with E-state index in [2.05, 4.69) is 24.1 Å². The number of rotatable bonds is 1. The predicted molar refractivity (Wildman–Crippen MR) is 67.6 cm³/mol. The summed E-state index contributed by atoms with van der Waals surface area (Å²) in [4.78, 5) is 14.5. The van der Waals surface area contributed by atoms with Crippen LogP contribution in [0.3, 0.4) is 0 Å². The van der Waals surface area contributed by atoms with Crippen molar-refractivity contribution in [3.05, 3.63) is 0 Å². The molecule has 0 bridgehead atoms. The van der Waals surface area contributed by atoms with Crippen molar-refractivity contribution in [2.75, 3.05) is 26.2 Å². The number of piperidine rings is 1. The Labute approximate surface area is 104 Å². The molecule has 1 aliphatic carbocycles. The number of likely N-dealkylation sites (tertiary alicyclic amines) is 1. The molecular formula is C14H24N2O. The highest BCUT2D eigenvalue weighted by molar-refractivity contribution is 5.82. The van der Waals surface area contributed by atoms with E-state index in [-0.39, 0.29) is 5.41 Å². The molecule has 1 spiro atoms. The fraction of sp³-hybridized carbons (Fsp3) is 0.929. The van der Waals surface area contributed by atoms with Gasteiger partial charge in [-0.1, -0.05) is 13.8 Å². The zero-order valence-corrected chi connectivity index (χ0v) is 11.1. The third-order valence-corrected chi connectivity index (χ3v) is 5.23. The molecule has 2 saturated heterocycles. The zero-order chi connectivity index (χ0) is 12.1. The number of amides is 1. The summed E-state index contributed by atoms with van der Waals surface area (Å²) >= 11 is 0.